The number of aromatic nitrogens is 1. The predicted molar refractivity (Wildman–Crippen MR) is 83.8 cm³/mol. The maximum Gasteiger partial charge on any atom is 0.270 e. The number of aryl methyl sites for hydroxylation is 1. The molecule has 1 aromatic rings. The number of hydrogen-bond acceptors (Lipinski definition) is 1. The number of carbonyl (C=O) groups excluding carboxylic acids is 1. The first-order chi connectivity index (χ1) is 9.70. The molecule has 1 unspecified atom stereocenters. The third-order valence-electron chi connectivity index (χ3n) is 4.93. The normalized spacial score (nSPS) is 23.7. The number of likely N-dealkylation sites (tertiary alicyclic amines) is 1. The fraction of sp³-hybridized carbons (Fsp3) is 0.688. The van der Waals surface area contributed by atoms with Crippen molar-refractivity contribution in [2.75, 3.05) is 6.54 Å². The van der Waals surface area contributed by atoms with Gasteiger partial charge in [-0.1, -0.05) is 12.8 Å². The second-order valence-corrected chi connectivity index (χ2v) is 7.00. The van der Waals surface area contributed by atoms with Crippen molar-refractivity contribution in [2.24, 2.45) is 5.92 Å². The first-order valence-corrected chi connectivity index (χ1v) is 8.66. The van der Waals surface area contributed by atoms with Crippen LogP contribution in [0.3, 0.4) is 0 Å². The van der Waals surface area contributed by atoms with Gasteiger partial charge in [0, 0.05) is 29.8 Å². The Morgan fingerprint density at radius 3 is 2.75 bits per heavy atom. The predicted octanol–water partition coefficient (Wildman–Crippen LogP) is 4.07. The molecule has 0 N–H and O–H groups in total. The van der Waals surface area contributed by atoms with Crippen LogP contribution in [0, 0.1) is 5.92 Å². The summed E-state index contributed by atoms with van der Waals surface area (Å²) in [4.78, 5) is 15.0. The molecule has 1 saturated heterocycles. The molecule has 2 heterocycles. The number of halogens is 1. The molecule has 1 aliphatic carbocycles. The van der Waals surface area contributed by atoms with Crippen LogP contribution in [0.1, 0.15) is 55.9 Å². The molecular formula is C16H23BrN2O. The van der Waals surface area contributed by atoms with E-state index in [2.05, 4.69) is 32.3 Å². The van der Waals surface area contributed by atoms with Crippen LogP contribution >= 0.6 is 15.9 Å². The van der Waals surface area contributed by atoms with Gasteiger partial charge in [0.2, 0.25) is 0 Å². The van der Waals surface area contributed by atoms with E-state index in [1.165, 1.54) is 38.5 Å². The van der Waals surface area contributed by atoms with Gasteiger partial charge in [0.05, 0.1) is 0 Å². The Bertz CT molecular complexity index is 491. The van der Waals surface area contributed by atoms with Crippen molar-refractivity contribution in [3.8, 4) is 0 Å². The third-order valence-corrected chi connectivity index (χ3v) is 5.36. The van der Waals surface area contributed by atoms with E-state index in [0.717, 1.165) is 29.2 Å². The van der Waals surface area contributed by atoms with E-state index in [1.807, 2.05) is 12.3 Å². The van der Waals surface area contributed by atoms with Crippen molar-refractivity contribution in [3.63, 3.8) is 0 Å². The minimum absolute atomic E-state index is 0.229. The van der Waals surface area contributed by atoms with Gasteiger partial charge in [0.15, 0.2) is 0 Å². The van der Waals surface area contributed by atoms with Crippen LogP contribution in [0.15, 0.2) is 16.7 Å². The molecule has 2 fully saturated rings. The molecular weight excluding hydrogens is 316 g/mol. The highest BCUT2D eigenvalue weighted by Crippen LogP contribution is 2.36. The van der Waals surface area contributed by atoms with Crippen molar-refractivity contribution < 1.29 is 4.79 Å². The van der Waals surface area contributed by atoms with Gasteiger partial charge < -0.3 is 9.47 Å². The van der Waals surface area contributed by atoms with Crippen LogP contribution in [0.25, 0.3) is 0 Å². The van der Waals surface area contributed by atoms with Crippen molar-refractivity contribution in [3.05, 3.63) is 22.4 Å². The summed E-state index contributed by atoms with van der Waals surface area (Å²) in [5.74, 6) is 0.974. The number of nitrogens with zero attached hydrogens (tertiary/aromatic N) is 2. The van der Waals surface area contributed by atoms with E-state index in [0.29, 0.717) is 6.04 Å². The summed E-state index contributed by atoms with van der Waals surface area (Å²) < 4.78 is 3.05. The minimum atomic E-state index is 0.229. The van der Waals surface area contributed by atoms with Crippen LogP contribution in [-0.4, -0.2) is 28.0 Å². The van der Waals surface area contributed by atoms with E-state index in [-0.39, 0.29) is 5.91 Å². The van der Waals surface area contributed by atoms with Crippen LogP contribution in [0.4, 0.5) is 0 Å². The molecule has 0 aromatic carbocycles. The molecule has 2 aliphatic rings. The van der Waals surface area contributed by atoms with Crippen molar-refractivity contribution in [1.29, 1.82) is 0 Å². The van der Waals surface area contributed by atoms with Crippen LogP contribution in [-0.2, 0) is 6.54 Å². The maximum absolute atomic E-state index is 12.9. The molecule has 1 atom stereocenters. The van der Waals surface area contributed by atoms with Gasteiger partial charge in [-0.2, -0.15) is 0 Å². The number of rotatable bonds is 3. The van der Waals surface area contributed by atoms with Crippen LogP contribution < -0.4 is 0 Å². The molecule has 20 heavy (non-hydrogen) atoms. The van der Waals surface area contributed by atoms with E-state index in [9.17, 15) is 4.79 Å². The molecule has 4 heteroatoms. The number of carbonyl (C=O) groups is 1. The Kier molecular flexibility index (Phi) is 4.20. The molecule has 3 rings (SSSR count). The highest BCUT2D eigenvalue weighted by Gasteiger charge is 2.36. The van der Waals surface area contributed by atoms with Gasteiger partial charge in [-0.25, -0.2) is 0 Å². The topological polar surface area (TPSA) is 25.2 Å². The van der Waals surface area contributed by atoms with Crippen LogP contribution in [0.2, 0.25) is 0 Å². The first-order valence-electron chi connectivity index (χ1n) is 7.87. The lowest BCUT2D eigenvalue weighted by Crippen LogP contribution is -2.40. The second kappa shape index (κ2) is 5.92. The van der Waals surface area contributed by atoms with Crippen molar-refractivity contribution in [2.45, 2.75) is 58.0 Å². The molecule has 0 spiro atoms. The number of hydrogen-bond donors (Lipinski definition) is 0. The summed E-state index contributed by atoms with van der Waals surface area (Å²) in [6, 6.07) is 2.46. The standard InChI is InChI=1S/C16H23BrN2O/c1-2-18-11-13(17)10-15(18)16(20)19-9-5-8-14(19)12-6-3-4-7-12/h10-12,14H,2-9H2,1H3. The highest BCUT2D eigenvalue weighted by atomic mass is 79.9. The van der Waals surface area contributed by atoms with Crippen molar-refractivity contribution in [1.82, 2.24) is 9.47 Å². The van der Waals surface area contributed by atoms with Gasteiger partial charge in [0.25, 0.3) is 5.91 Å². The summed E-state index contributed by atoms with van der Waals surface area (Å²) in [7, 11) is 0. The lowest BCUT2D eigenvalue weighted by Gasteiger charge is -2.29. The Labute approximate surface area is 129 Å². The highest BCUT2D eigenvalue weighted by molar-refractivity contribution is 9.10. The largest absolute Gasteiger partial charge is 0.343 e. The molecule has 1 saturated carbocycles. The molecule has 1 aromatic heterocycles. The van der Waals surface area contributed by atoms with E-state index in [1.54, 1.807) is 0 Å². The van der Waals surface area contributed by atoms with Gasteiger partial charge >= 0.3 is 0 Å². The maximum atomic E-state index is 12.9. The van der Waals surface area contributed by atoms with Gasteiger partial charge in [-0.05, 0) is 60.5 Å². The SMILES string of the molecule is CCn1cc(Br)cc1C(=O)N1CCCC1C1CCCC1. The zero-order chi connectivity index (χ0) is 14.1. The fourth-order valence-corrected chi connectivity index (χ4v) is 4.40. The molecule has 1 amide bonds. The zero-order valence-corrected chi connectivity index (χ0v) is 13.7. The Balaban J connectivity index is 1.81. The Morgan fingerprint density at radius 1 is 1.30 bits per heavy atom. The smallest absolute Gasteiger partial charge is 0.270 e. The lowest BCUT2D eigenvalue weighted by molar-refractivity contribution is 0.0678. The van der Waals surface area contributed by atoms with E-state index >= 15 is 0 Å². The van der Waals surface area contributed by atoms with E-state index in [4.69, 9.17) is 0 Å². The minimum Gasteiger partial charge on any atom is -0.343 e. The lowest BCUT2D eigenvalue weighted by atomic mass is 9.96. The average Bonchev–Trinajstić information content (AvgIpc) is 3.16. The van der Waals surface area contributed by atoms with Gasteiger partial charge in [-0.3, -0.25) is 4.79 Å². The molecule has 0 radical (unpaired) electrons. The summed E-state index contributed by atoms with van der Waals surface area (Å²) >= 11 is 3.49. The molecule has 0 bridgehead atoms. The monoisotopic (exact) mass is 338 g/mol. The van der Waals surface area contributed by atoms with Crippen LogP contribution in [0.5, 0.6) is 0 Å². The molecule has 3 nitrogen and oxygen atoms in total. The Morgan fingerprint density at radius 2 is 2.05 bits per heavy atom. The zero-order valence-electron chi connectivity index (χ0n) is 12.1. The quantitative estimate of drug-likeness (QED) is 0.815. The average molecular weight is 339 g/mol. The number of amides is 1. The van der Waals surface area contributed by atoms with Gasteiger partial charge in [0.1, 0.15) is 5.69 Å². The Hall–Kier alpha value is -0.770. The summed E-state index contributed by atoms with van der Waals surface area (Å²) in [6.07, 6.45) is 9.69. The third kappa shape index (κ3) is 2.54. The first kappa shape index (κ1) is 14.2. The molecule has 110 valence electrons. The second-order valence-electron chi connectivity index (χ2n) is 6.08. The fourth-order valence-electron chi connectivity index (χ4n) is 3.94. The summed E-state index contributed by atoms with van der Waals surface area (Å²) in [6.45, 7) is 3.86. The summed E-state index contributed by atoms with van der Waals surface area (Å²) in [5, 5.41) is 0. The van der Waals surface area contributed by atoms with Crippen molar-refractivity contribution >= 4 is 21.8 Å². The molecule has 1 aliphatic heterocycles. The van der Waals surface area contributed by atoms with E-state index < -0.39 is 0 Å². The summed E-state index contributed by atoms with van der Waals surface area (Å²) in [5.41, 5.74) is 0.837. The van der Waals surface area contributed by atoms with Gasteiger partial charge in [-0.15, -0.1) is 0 Å².